The van der Waals surface area contributed by atoms with Crippen molar-refractivity contribution in [2.24, 2.45) is 0 Å². The van der Waals surface area contributed by atoms with Crippen LogP contribution in [0.25, 0.3) is 0 Å². The van der Waals surface area contributed by atoms with E-state index in [0.717, 1.165) is 0 Å². The number of anilines is 1. The van der Waals surface area contributed by atoms with Crippen LogP contribution in [0, 0.1) is 17.0 Å². The molecule has 2 aromatic carbocycles. The number of esters is 1. The zero-order valence-corrected chi connectivity index (χ0v) is 15.0. The number of ether oxygens (including phenoxy) is 1. The first kappa shape index (κ1) is 19.8. The molecule has 2 rings (SSSR count). The van der Waals surface area contributed by atoms with E-state index in [9.17, 15) is 24.5 Å². The Hall–Kier alpha value is -3.55. The van der Waals surface area contributed by atoms with Gasteiger partial charge in [0, 0.05) is 17.3 Å². The molecular weight excluding hydrogens is 352 g/mol. The largest absolute Gasteiger partial charge is 0.449 e. The fraction of sp³-hybridized carbons (Fsp3) is 0.211. The number of hydrogen-bond donors (Lipinski definition) is 1. The van der Waals surface area contributed by atoms with Crippen molar-refractivity contribution < 1.29 is 24.0 Å². The van der Waals surface area contributed by atoms with Crippen molar-refractivity contribution in [3.8, 4) is 0 Å². The van der Waals surface area contributed by atoms with Crippen molar-refractivity contribution in [3.63, 3.8) is 0 Å². The number of carbonyl (C=O) groups is 3. The fourth-order valence-corrected chi connectivity index (χ4v) is 2.38. The van der Waals surface area contributed by atoms with Crippen molar-refractivity contribution >= 4 is 29.0 Å². The van der Waals surface area contributed by atoms with E-state index in [0.29, 0.717) is 16.8 Å². The maximum Gasteiger partial charge on any atom is 0.346 e. The minimum absolute atomic E-state index is 0.102. The van der Waals surface area contributed by atoms with Crippen molar-refractivity contribution in [1.29, 1.82) is 0 Å². The van der Waals surface area contributed by atoms with Crippen LogP contribution in [0.4, 0.5) is 11.4 Å². The SMILES string of the molecule is CC(=O)c1ccc(NC(=O)C(C)OC(=O)c2c(C)cccc2[N+](=O)[O-])cc1. The highest BCUT2D eigenvalue weighted by Gasteiger charge is 2.27. The molecule has 0 aliphatic rings. The zero-order valence-electron chi connectivity index (χ0n) is 15.0. The number of nitrogens with zero attached hydrogens (tertiary/aromatic N) is 1. The Kier molecular flexibility index (Phi) is 6.02. The summed E-state index contributed by atoms with van der Waals surface area (Å²) in [7, 11) is 0. The summed E-state index contributed by atoms with van der Waals surface area (Å²) in [4.78, 5) is 46.2. The molecule has 0 aliphatic heterocycles. The zero-order chi connectivity index (χ0) is 20.1. The minimum Gasteiger partial charge on any atom is -0.449 e. The first-order valence-electron chi connectivity index (χ1n) is 8.07. The molecule has 0 aliphatic carbocycles. The van der Waals surface area contributed by atoms with E-state index in [1.54, 1.807) is 37.3 Å². The second kappa shape index (κ2) is 8.22. The molecule has 1 N–H and O–H groups in total. The number of rotatable bonds is 6. The van der Waals surface area contributed by atoms with Gasteiger partial charge < -0.3 is 10.1 Å². The van der Waals surface area contributed by atoms with E-state index in [2.05, 4.69) is 5.32 Å². The number of ketones is 1. The molecule has 0 radical (unpaired) electrons. The molecular formula is C19H18N2O6. The van der Waals surface area contributed by atoms with Crippen molar-refractivity contribution in [3.05, 3.63) is 69.3 Å². The summed E-state index contributed by atoms with van der Waals surface area (Å²) in [5, 5.41) is 13.7. The predicted molar refractivity (Wildman–Crippen MR) is 97.8 cm³/mol. The van der Waals surface area contributed by atoms with Crippen LogP contribution in [0.2, 0.25) is 0 Å². The molecule has 0 bridgehead atoms. The molecule has 1 amide bonds. The standard InChI is InChI=1S/C19H18N2O6/c1-11-5-4-6-16(21(25)26)17(11)19(24)27-13(3)18(23)20-15-9-7-14(8-10-15)12(2)22/h4-10,13H,1-3H3,(H,20,23). The van der Waals surface area contributed by atoms with Crippen molar-refractivity contribution in [2.45, 2.75) is 26.9 Å². The van der Waals surface area contributed by atoms with E-state index >= 15 is 0 Å². The number of nitro groups is 1. The second-order valence-corrected chi connectivity index (χ2v) is 5.90. The molecule has 0 saturated carbocycles. The Bertz CT molecular complexity index is 905. The van der Waals surface area contributed by atoms with Gasteiger partial charge in [0.1, 0.15) is 5.56 Å². The average molecular weight is 370 g/mol. The van der Waals surface area contributed by atoms with Gasteiger partial charge in [-0.15, -0.1) is 0 Å². The highest BCUT2D eigenvalue weighted by atomic mass is 16.6. The van der Waals surface area contributed by atoms with Gasteiger partial charge in [-0.25, -0.2) is 4.79 Å². The Morgan fingerprint density at radius 2 is 1.74 bits per heavy atom. The van der Waals surface area contributed by atoms with Gasteiger partial charge in [0.05, 0.1) is 4.92 Å². The molecule has 0 heterocycles. The number of nitrogens with one attached hydrogen (secondary N) is 1. The number of aryl methyl sites for hydroxylation is 1. The highest BCUT2D eigenvalue weighted by Crippen LogP contribution is 2.23. The van der Waals surface area contributed by atoms with Gasteiger partial charge in [-0.2, -0.15) is 0 Å². The second-order valence-electron chi connectivity index (χ2n) is 5.90. The van der Waals surface area contributed by atoms with Gasteiger partial charge in [-0.3, -0.25) is 19.7 Å². The van der Waals surface area contributed by atoms with Crippen LogP contribution < -0.4 is 5.32 Å². The van der Waals surface area contributed by atoms with Crippen molar-refractivity contribution in [1.82, 2.24) is 0 Å². The Labute approximate surface area is 155 Å². The average Bonchev–Trinajstić information content (AvgIpc) is 2.61. The van der Waals surface area contributed by atoms with E-state index in [1.165, 1.54) is 26.0 Å². The van der Waals surface area contributed by atoms with Crippen LogP contribution in [-0.2, 0) is 9.53 Å². The number of benzene rings is 2. The van der Waals surface area contributed by atoms with Gasteiger partial charge in [0.25, 0.3) is 11.6 Å². The fourth-order valence-electron chi connectivity index (χ4n) is 2.38. The van der Waals surface area contributed by atoms with E-state index < -0.39 is 22.9 Å². The molecule has 0 fully saturated rings. The quantitative estimate of drug-likeness (QED) is 0.361. The highest BCUT2D eigenvalue weighted by molar-refractivity contribution is 6.00. The summed E-state index contributed by atoms with van der Waals surface area (Å²) < 4.78 is 5.09. The number of Topliss-reactive ketones (excluding diaryl/α,β-unsaturated/α-hetero) is 1. The summed E-state index contributed by atoms with van der Waals surface area (Å²) in [6.45, 7) is 4.34. The smallest absolute Gasteiger partial charge is 0.346 e. The van der Waals surface area contributed by atoms with Gasteiger partial charge >= 0.3 is 5.97 Å². The van der Waals surface area contributed by atoms with Gasteiger partial charge in [-0.1, -0.05) is 12.1 Å². The Balaban J connectivity index is 2.09. The monoisotopic (exact) mass is 370 g/mol. The molecule has 27 heavy (non-hydrogen) atoms. The molecule has 140 valence electrons. The lowest BCUT2D eigenvalue weighted by Gasteiger charge is -2.14. The normalized spacial score (nSPS) is 11.4. The lowest BCUT2D eigenvalue weighted by atomic mass is 10.1. The lowest BCUT2D eigenvalue weighted by Crippen LogP contribution is -2.30. The summed E-state index contributed by atoms with van der Waals surface area (Å²) in [5.74, 6) is -1.65. The Morgan fingerprint density at radius 3 is 2.30 bits per heavy atom. The summed E-state index contributed by atoms with van der Waals surface area (Å²) >= 11 is 0. The first-order valence-corrected chi connectivity index (χ1v) is 8.07. The number of amides is 1. The van der Waals surface area contributed by atoms with Crippen LogP contribution in [-0.4, -0.2) is 28.7 Å². The summed E-state index contributed by atoms with van der Waals surface area (Å²) in [6, 6.07) is 10.4. The molecule has 1 unspecified atom stereocenters. The number of carbonyl (C=O) groups excluding carboxylic acids is 3. The molecule has 0 aromatic heterocycles. The topological polar surface area (TPSA) is 116 Å². The maximum atomic E-state index is 12.3. The van der Waals surface area contributed by atoms with Crippen LogP contribution in [0.1, 0.15) is 40.1 Å². The number of nitro benzene ring substituents is 1. The van der Waals surface area contributed by atoms with Crippen molar-refractivity contribution in [2.75, 3.05) is 5.32 Å². The van der Waals surface area contributed by atoms with Gasteiger partial charge in [0.2, 0.25) is 0 Å². The molecule has 8 heteroatoms. The van der Waals surface area contributed by atoms with E-state index in [4.69, 9.17) is 4.74 Å². The Morgan fingerprint density at radius 1 is 1.11 bits per heavy atom. The summed E-state index contributed by atoms with van der Waals surface area (Å²) in [5.41, 5.74) is 0.733. The van der Waals surface area contributed by atoms with E-state index in [1.807, 2.05) is 0 Å². The first-order chi connectivity index (χ1) is 12.7. The molecule has 8 nitrogen and oxygen atoms in total. The molecule has 0 spiro atoms. The predicted octanol–water partition coefficient (Wildman–Crippen LogP) is 3.29. The third-order valence-electron chi connectivity index (χ3n) is 3.86. The van der Waals surface area contributed by atoms with Crippen LogP contribution >= 0.6 is 0 Å². The lowest BCUT2D eigenvalue weighted by molar-refractivity contribution is -0.385. The third-order valence-corrected chi connectivity index (χ3v) is 3.86. The van der Waals surface area contributed by atoms with Crippen LogP contribution in [0.15, 0.2) is 42.5 Å². The molecule has 2 aromatic rings. The van der Waals surface area contributed by atoms with Gasteiger partial charge in [0.15, 0.2) is 11.9 Å². The third kappa shape index (κ3) is 4.75. The molecule has 0 saturated heterocycles. The maximum absolute atomic E-state index is 12.3. The van der Waals surface area contributed by atoms with E-state index in [-0.39, 0.29) is 17.0 Å². The van der Waals surface area contributed by atoms with Crippen LogP contribution in [0.5, 0.6) is 0 Å². The van der Waals surface area contributed by atoms with Gasteiger partial charge in [-0.05, 0) is 50.6 Å². The van der Waals surface area contributed by atoms with Crippen LogP contribution in [0.3, 0.4) is 0 Å². The minimum atomic E-state index is -1.18. The molecule has 1 atom stereocenters. The number of hydrogen-bond acceptors (Lipinski definition) is 6. The summed E-state index contributed by atoms with van der Waals surface area (Å²) in [6.07, 6.45) is -1.18.